The number of benzene rings is 1. The van der Waals surface area contributed by atoms with Gasteiger partial charge in [0.25, 0.3) is 0 Å². The van der Waals surface area contributed by atoms with Gasteiger partial charge in [-0.2, -0.15) is 0 Å². The summed E-state index contributed by atoms with van der Waals surface area (Å²) in [6.07, 6.45) is 0. The van der Waals surface area contributed by atoms with Crippen molar-refractivity contribution >= 4 is 0 Å². The van der Waals surface area contributed by atoms with Crippen molar-refractivity contribution < 1.29 is 4.74 Å². The van der Waals surface area contributed by atoms with E-state index < -0.39 is 0 Å². The molecule has 1 aromatic carbocycles. The minimum Gasteiger partial charge on any atom is -0.376 e. The van der Waals surface area contributed by atoms with Gasteiger partial charge in [-0.05, 0) is 18.1 Å². The van der Waals surface area contributed by atoms with Gasteiger partial charge >= 0.3 is 0 Å². The van der Waals surface area contributed by atoms with Crippen LogP contribution < -0.4 is 5.73 Å². The van der Waals surface area contributed by atoms with E-state index in [1.165, 1.54) is 11.1 Å². The molecular weight excluding hydrogens is 162 g/mol. The molecule has 70 valence electrons. The topological polar surface area (TPSA) is 35.2 Å². The van der Waals surface area contributed by atoms with Gasteiger partial charge < -0.3 is 10.5 Å². The largest absolute Gasteiger partial charge is 0.376 e. The van der Waals surface area contributed by atoms with Crippen LogP contribution in [0.5, 0.6) is 0 Å². The normalized spacial score (nSPS) is 23.7. The van der Waals surface area contributed by atoms with Gasteiger partial charge in [0.1, 0.15) is 0 Å². The molecule has 2 N–H and O–H groups in total. The van der Waals surface area contributed by atoms with E-state index in [2.05, 4.69) is 18.2 Å². The summed E-state index contributed by atoms with van der Waals surface area (Å²) in [4.78, 5) is 0. The van der Waals surface area contributed by atoms with Gasteiger partial charge in [-0.25, -0.2) is 0 Å². The lowest BCUT2D eigenvalue weighted by Gasteiger charge is -2.28. The Morgan fingerprint density at radius 1 is 1.46 bits per heavy atom. The maximum absolute atomic E-state index is 5.90. The average Bonchev–Trinajstić information content (AvgIpc) is 2.17. The van der Waals surface area contributed by atoms with E-state index in [4.69, 9.17) is 10.5 Å². The van der Waals surface area contributed by atoms with Crippen molar-refractivity contribution in [2.45, 2.75) is 25.5 Å². The Bertz CT molecular complexity index is 296. The zero-order chi connectivity index (χ0) is 9.26. The van der Waals surface area contributed by atoms with Crippen molar-refractivity contribution in [3.63, 3.8) is 0 Å². The van der Waals surface area contributed by atoms with Crippen molar-refractivity contribution in [3.05, 3.63) is 35.4 Å². The first-order valence-electron chi connectivity index (χ1n) is 4.70. The van der Waals surface area contributed by atoms with E-state index in [1.54, 1.807) is 0 Å². The second-order valence-electron chi connectivity index (χ2n) is 3.68. The van der Waals surface area contributed by atoms with Crippen molar-refractivity contribution in [1.29, 1.82) is 0 Å². The van der Waals surface area contributed by atoms with Crippen molar-refractivity contribution in [2.75, 3.05) is 6.61 Å². The molecule has 0 bridgehead atoms. The third-order valence-corrected chi connectivity index (χ3v) is 2.64. The predicted molar refractivity (Wildman–Crippen MR) is 52.5 cm³/mol. The second-order valence-corrected chi connectivity index (χ2v) is 3.68. The first-order chi connectivity index (χ1) is 6.29. The molecule has 0 saturated carbocycles. The summed E-state index contributed by atoms with van der Waals surface area (Å²) in [5, 5.41) is 0. The third kappa shape index (κ3) is 1.60. The number of ether oxygens (including phenoxy) is 1. The maximum Gasteiger partial charge on any atom is 0.0719 e. The summed E-state index contributed by atoms with van der Waals surface area (Å²) in [7, 11) is 0. The molecule has 2 atom stereocenters. The molecule has 0 saturated heterocycles. The van der Waals surface area contributed by atoms with Crippen LogP contribution in [-0.4, -0.2) is 12.6 Å². The fourth-order valence-corrected chi connectivity index (χ4v) is 1.85. The molecule has 0 radical (unpaired) electrons. The molecule has 2 heteroatoms. The average molecular weight is 177 g/mol. The SMILES string of the molecule is CC(N)C1COCc2ccccc21. The summed E-state index contributed by atoms with van der Waals surface area (Å²) in [5.41, 5.74) is 8.55. The van der Waals surface area contributed by atoms with E-state index in [0.717, 1.165) is 13.2 Å². The second kappa shape index (κ2) is 3.48. The van der Waals surface area contributed by atoms with E-state index in [9.17, 15) is 0 Å². The molecule has 2 unspecified atom stereocenters. The summed E-state index contributed by atoms with van der Waals surface area (Å²) < 4.78 is 5.49. The quantitative estimate of drug-likeness (QED) is 0.708. The summed E-state index contributed by atoms with van der Waals surface area (Å²) in [5.74, 6) is 0.366. The third-order valence-electron chi connectivity index (χ3n) is 2.64. The smallest absolute Gasteiger partial charge is 0.0719 e. The molecule has 1 aliphatic heterocycles. The Morgan fingerprint density at radius 3 is 3.00 bits per heavy atom. The molecule has 2 rings (SSSR count). The number of fused-ring (bicyclic) bond motifs is 1. The molecule has 0 spiro atoms. The van der Waals surface area contributed by atoms with Crippen molar-refractivity contribution in [2.24, 2.45) is 5.73 Å². The number of nitrogens with two attached hydrogens (primary N) is 1. The minimum atomic E-state index is 0.168. The monoisotopic (exact) mass is 177 g/mol. The molecule has 1 heterocycles. The Balaban J connectivity index is 2.37. The van der Waals surface area contributed by atoms with Crippen LogP contribution in [-0.2, 0) is 11.3 Å². The van der Waals surface area contributed by atoms with Crippen LogP contribution in [0.15, 0.2) is 24.3 Å². The molecule has 0 aliphatic carbocycles. The maximum atomic E-state index is 5.90. The summed E-state index contributed by atoms with van der Waals surface area (Å²) in [6.45, 7) is 3.53. The van der Waals surface area contributed by atoms with Crippen LogP contribution in [0.3, 0.4) is 0 Å². The van der Waals surface area contributed by atoms with E-state index in [-0.39, 0.29) is 6.04 Å². The van der Waals surface area contributed by atoms with Crippen LogP contribution in [0, 0.1) is 0 Å². The zero-order valence-corrected chi connectivity index (χ0v) is 7.86. The minimum absolute atomic E-state index is 0.168. The molecule has 1 aliphatic rings. The van der Waals surface area contributed by atoms with Crippen LogP contribution in [0.4, 0.5) is 0 Å². The zero-order valence-electron chi connectivity index (χ0n) is 7.86. The van der Waals surface area contributed by atoms with E-state index >= 15 is 0 Å². The number of rotatable bonds is 1. The van der Waals surface area contributed by atoms with Crippen LogP contribution >= 0.6 is 0 Å². The summed E-state index contributed by atoms with van der Waals surface area (Å²) in [6, 6.07) is 8.56. The standard InChI is InChI=1S/C11H15NO/c1-8(12)11-7-13-6-9-4-2-3-5-10(9)11/h2-5,8,11H,6-7,12H2,1H3. The lowest BCUT2D eigenvalue weighted by atomic mass is 9.88. The highest BCUT2D eigenvalue weighted by molar-refractivity contribution is 5.32. The fourth-order valence-electron chi connectivity index (χ4n) is 1.85. The molecule has 0 aromatic heterocycles. The highest BCUT2D eigenvalue weighted by Crippen LogP contribution is 2.27. The van der Waals surface area contributed by atoms with E-state index in [0.29, 0.717) is 5.92 Å². The molecule has 2 nitrogen and oxygen atoms in total. The van der Waals surface area contributed by atoms with Gasteiger partial charge in [-0.15, -0.1) is 0 Å². The van der Waals surface area contributed by atoms with Crippen molar-refractivity contribution in [1.82, 2.24) is 0 Å². The van der Waals surface area contributed by atoms with Gasteiger partial charge in [-0.1, -0.05) is 24.3 Å². The highest BCUT2D eigenvalue weighted by atomic mass is 16.5. The fraction of sp³-hybridized carbons (Fsp3) is 0.455. The lowest BCUT2D eigenvalue weighted by molar-refractivity contribution is 0.0858. The van der Waals surface area contributed by atoms with Crippen LogP contribution in [0.25, 0.3) is 0 Å². The number of hydrogen-bond donors (Lipinski definition) is 1. The molecule has 0 amide bonds. The van der Waals surface area contributed by atoms with Gasteiger partial charge in [0, 0.05) is 12.0 Å². The first-order valence-corrected chi connectivity index (χ1v) is 4.70. The van der Waals surface area contributed by atoms with E-state index in [1.807, 2.05) is 13.0 Å². The molecule has 1 aromatic rings. The molecular formula is C11H15NO. The Morgan fingerprint density at radius 2 is 2.23 bits per heavy atom. The first kappa shape index (κ1) is 8.73. The number of hydrogen-bond acceptors (Lipinski definition) is 2. The van der Waals surface area contributed by atoms with Crippen LogP contribution in [0.1, 0.15) is 24.0 Å². The summed E-state index contributed by atoms with van der Waals surface area (Å²) >= 11 is 0. The predicted octanol–water partition coefficient (Wildman–Crippen LogP) is 1.65. The van der Waals surface area contributed by atoms with Gasteiger partial charge in [0.15, 0.2) is 0 Å². The van der Waals surface area contributed by atoms with Gasteiger partial charge in [-0.3, -0.25) is 0 Å². The lowest BCUT2D eigenvalue weighted by Crippen LogP contribution is -2.31. The molecule has 0 fully saturated rings. The molecule has 13 heavy (non-hydrogen) atoms. The Hall–Kier alpha value is -0.860. The van der Waals surface area contributed by atoms with Crippen molar-refractivity contribution in [3.8, 4) is 0 Å². The highest BCUT2D eigenvalue weighted by Gasteiger charge is 2.22. The Kier molecular flexibility index (Phi) is 2.34. The Labute approximate surface area is 78.7 Å². The van der Waals surface area contributed by atoms with Gasteiger partial charge in [0.2, 0.25) is 0 Å². The van der Waals surface area contributed by atoms with Gasteiger partial charge in [0.05, 0.1) is 13.2 Å². The van der Waals surface area contributed by atoms with Crippen LogP contribution in [0.2, 0.25) is 0 Å².